The topological polar surface area (TPSA) is 60.0 Å². The van der Waals surface area contributed by atoms with Crippen LogP contribution in [-0.2, 0) is 14.3 Å². The van der Waals surface area contributed by atoms with E-state index in [4.69, 9.17) is 14.2 Å². The van der Waals surface area contributed by atoms with Crippen molar-refractivity contribution in [1.29, 1.82) is 0 Å². The average molecular weight is 362 g/mol. The van der Waals surface area contributed by atoms with Gasteiger partial charge < -0.3 is 24.4 Å². The van der Waals surface area contributed by atoms with Gasteiger partial charge in [-0.05, 0) is 25.1 Å². The molecule has 1 aromatic rings. The van der Waals surface area contributed by atoms with E-state index in [1.165, 1.54) is 6.92 Å². The van der Waals surface area contributed by atoms with E-state index in [0.29, 0.717) is 46.1 Å². The summed E-state index contributed by atoms with van der Waals surface area (Å²) < 4.78 is 16.8. The van der Waals surface area contributed by atoms with Gasteiger partial charge in [0.15, 0.2) is 0 Å². The number of hydrogen-bond acceptors (Lipinski definition) is 5. The van der Waals surface area contributed by atoms with Crippen LogP contribution in [0.4, 0.5) is 11.4 Å². The molecule has 1 amide bonds. The molecular formula is C20H30N2O4. The van der Waals surface area contributed by atoms with Crippen LogP contribution in [0.1, 0.15) is 13.8 Å². The summed E-state index contributed by atoms with van der Waals surface area (Å²) in [5, 5.41) is 2.81. The fraction of sp³-hybridized carbons (Fsp3) is 0.450. The molecule has 0 bridgehead atoms. The lowest BCUT2D eigenvalue weighted by molar-refractivity contribution is -0.114. The SMILES string of the molecule is C=CCOCCN(CCOCC=C)c1cc(NC(C)=O)ccc1OCC. The van der Waals surface area contributed by atoms with Gasteiger partial charge in [-0.1, -0.05) is 12.2 Å². The average Bonchev–Trinajstić information content (AvgIpc) is 2.61. The molecule has 0 aliphatic rings. The third-order valence-corrected chi connectivity index (χ3v) is 3.40. The van der Waals surface area contributed by atoms with Crippen LogP contribution >= 0.6 is 0 Å². The van der Waals surface area contributed by atoms with E-state index >= 15 is 0 Å². The molecule has 1 N–H and O–H groups in total. The molecule has 0 saturated carbocycles. The second-order valence-electron chi connectivity index (χ2n) is 5.51. The number of ether oxygens (including phenoxy) is 3. The van der Waals surface area contributed by atoms with Crippen LogP contribution in [0.15, 0.2) is 43.5 Å². The third-order valence-electron chi connectivity index (χ3n) is 3.40. The highest BCUT2D eigenvalue weighted by Crippen LogP contribution is 2.31. The quantitative estimate of drug-likeness (QED) is 0.407. The van der Waals surface area contributed by atoms with Gasteiger partial charge in [0.1, 0.15) is 5.75 Å². The van der Waals surface area contributed by atoms with Crippen LogP contribution in [0.2, 0.25) is 0 Å². The van der Waals surface area contributed by atoms with E-state index in [1.807, 2.05) is 25.1 Å². The minimum atomic E-state index is -0.115. The van der Waals surface area contributed by atoms with Crippen molar-refractivity contribution in [2.45, 2.75) is 13.8 Å². The zero-order chi connectivity index (χ0) is 19.2. The van der Waals surface area contributed by atoms with Crippen molar-refractivity contribution in [1.82, 2.24) is 0 Å². The number of benzene rings is 1. The van der Waals surface area contributed by atoms with Gasteiger partial charge in [-0.3, -0.25) is 4.79 Å². The lowest BCUT2D eigenvalue weighted by Gasteiger charge is -2.27. The summed E-state index contributed by atoms with van der Waals surface area (Å²) in [6, 6.07) is 5.61. The molecule has 0 spiro atoms. The molecule has 0 fully saturated rings. The lowest BCUT2D eigenvalue weighted by atomic mass is 10.2. The third kappa shape index (κ3) is 8.18. The minimum absolute atomic E-state index is 0.115. The Hall–Kier alpha value is -2.31. The highest BCUT2D eigenvalue weighted by atomic mass is 16.5. The maximum atomic E-state index is 11.4. The first kappa shape index (κ1) is 21.7. The van der Waals surface area contributed by atoms with Crippen LogP contribution in [0.3, 0.4) is 0 Å². The molecule has 0 radical (unpaired) electrons. The Morgan fingerprint density at radius 2 is 1.77 bits per heavy atom. The maximum absolute atomic E-state index is 11.4. The standard InChI is InChI=1S/C20H30N2O4/c1-5-12-24-14-10-22(11-15-25-13-6-2)19-16-18(21-17(4)23)8-9-20(19)26-7-3/h5-6,8-9,16H,1-2,7,10-15H2,3-4H3,(H,21,23). The van der Waals surface area contributed by atoms with Crippen molar-refractivity contribution >= 4 is 17.3 Å². The van der Waals surface area contributed by atoms with Gasteiger partial charge in [-0.25, -0.2) is 0 Å². The Labute approximate surface area is 156 Å². The number of carbonyl (C=O) groups is 1. The van der Waals surface area contributed by atoms with Gasteiger partial charge in [0, 0.05) is 25.7 Å². The predicted octanol–water partition coefficient (Wildman–Crippen LogP) is 3.26. The highest BCUT2D eigenvalue weighted by molar-refractivity contribution is 5.89. The Morgan fingerprint density at radius 1 is 1.15 bits per heavy atom. The smallest absolute Gasteiger partial charge is 0.221 e. The number of nitrogens with one attached hydrogen (secondary N) is 1. The Morgan fingerprint density at radius 3 is 2.27 bits per heavy atom. The number of amides is 1. The van der Waals surface area contributed by atoms with Gasteiger partial charge >= 0.3 is 0 Å². The molecule has 0 aromatic heterocycles. The van der Waals surface area contributed by atoms with E-state index in [1.54, 1.807) is 12.2 Å². The zero-order valence-corrected chi connectivity index (χ0v) is 15.8. The summed E-state index contributed by atoms with van der Waals surface area (Å²) >= 11 is 0. The summed E-state index contributed by atoms with van der Waals surface area (Å²) in [7, 11) is 0. The number of nitrogens with zero attached hydrogens (tertiary/aromatic N) is 1. The molecule has 1 aromatic carbocycles. The first-order valence-electron chi connectivity index (χ1n) is 8.79. The highest BCUT2D eigenvalue weighted by Gasteiger charge is 2.14. The molecule has 0 aliphatic carbocycles. The number of anilines is 2. The first-order valence-corrected chi connectivity index (χ1v) is 8.79. The fourth-order valence-electron chi connectivity index (χ4n) is 2.36. The monoisotopic (exact) mass is 362 g/mol. The molecule has 0 aliphatic heterocycles. The largest absolute Gasteiger partial charge is 0.492 e. The molecule has 144 valence electrons. The first-order chi connectivity index (χ1) is 12.6. The van der Waals surface area contributed by atoms with E-state index in [0.717, 1.165) is 17.1 Å². The molecule has 0 heterocycles. The van der Waals surface area contributed by atoms with Crippen molar-refractivity contribution in [3.05, 3.63) is 43.5 Å². The predicted molar refractivity (Wildman–Crippen MR) is 106 cm³/mol. The van der Waals surface area contributed by atoms with Crippen LogP contribution in [-0.4, -0.2) is 52.0 Å². The fourth-order valence-corrected chi connectivity index (χ4v) is 2.36. The van der Waals surface area contributed by atoms with Crippen LogP contribution in [0, 0.1) is 0 Å². The summed E-state index contributed by atoms with van der Waals surface area (Å²) in [6.07, 6.45) is 3.45. The van der Waals surface area contributed by atoms with Gasteiger partial charge in [0.05, 0.1) is 38.7 Å². The van der Waals surface area contributed by atoms with E-state index < -0.39 is 0 Å². The number of hydrogen-bond donors (Lipinski definition) is 1. The normalized spacial score (nSPS) is 10.2. The summed E-state index contributed by atoms with van der Waals surface area (Å²) in [5.41, 5.74) is 1.61. The van der Waals surface area contributed by atoms with E-state index in [-0.39, 0.29) is 5.91 Å². The summed E-state index contributed by atoms with van der Waals surface area (Å²) in [5.74, 6) is 0.643. The van der Waals surface area contributed by atoms with Gasteiger partial charge in [0.2, 0.25) is 5.91 Å². The Kier molecular flexibility index (Phi) is 10.8. The van der Waals surface area contributed by atoms with E-state index in [2.05, 4.69) is 23.4 Å². The van der Waals surface area contributed by atoms with E-state index in [9.17, 15) is 4.79 Å². The second-order valence-corrected chi connectivity index (χ2v) is 5.51. The number of carbonyl (C=O) groups excluding carboxylic acids is 1. The van der Waals surface area contributed by atoms with Gasteiger partial charge in [0.25, 0.3) is 0 Å². The molecule has 6 heteroatoms. The van der Waals surface area contributed by atoms with Crippen LogP contribution in [0.5, 0.6) is 5.75 Å². The second kappa shape index (κ2) is 13.0. The summed E-state index contributed by atoms with van der Waals surface area (Å²) in [4.78, 5) is 13.5. The summed E-state index contributed by atoms with van der Waals surface area (Å²) in [6.45, 7) is 14.7. The van der Waals surface area contributed by atoms with Crippen molar-refractivity contribution in [3.8, 4) is 5.75 Å². The van der Waals surface area contributed by atoms with Crippen molar-refractivity contribution in [2.24, 2.45) is 0 Å². The lowest BCUT2D eigenvalue weighted by Crippen LogP contribution is -2.31. The van der Waals surface area contributed by atoms with Crippen molar-refractivity contribution in [3.63, 3.8) is 0 Å². The molecular weight excluding hydrogens is 332 g/mol. The zero-order valence-electron chi connectivity index (χ0n) is 15.8. The van der Waals surface area contributed by atoms with Crippen molar-refractivity contribution in [2.75, 3.05) is 56.3 Å². The van der Waals surface area contributed by atoms with Crippen LogP contribution < -0.4 is 15.0 Å². The molecule has 0 saturated heterocycles. The Bertz CT molecular complexity index is 559. The molecule has 0 atom stereocenters. The van der Waals surface area contributed by atoms with Crippen molar-refractivity contribution < 1.29 is 19.0 Å². The van der Waals surface area contributed by atoms with Gasteiger partial charge in [-0.15, -0.1) is 13.2 Å². The number of rotatable bonds is 14. The Balaban J connectivity index is 2.98. The molecule has 0 unspecified atom stereocenters. The molecule has 26 heavy (non-hydrogen) atoms. The molecule has 6 nitrogen and oxygen atoms in total. The van der Waals surface area contributed by atoms with Gasteiger partial charge in [-0.2, -0.15) is 0 Å². The minimum Gasteiger partial charge on any atom is -0.492 e. The molecule has 1 rings (SSSR count). The maximum Gasteiger partial charge on any atom is 0.221 e. The van der Waals surface area contributed by atoms with Crippen LogP contribution in [0.25, 0.3) is 0 Å².